The van der Waals surface area contributed by atoms with Crippen LogP contribution in [0.25, 0.3) is 0 Å². The second-order valence-corrected chi connectivity index (χ2v) is 7.15. The van der Waals surface area contributed by atoms with Crippen LogP contribution in [0.15, 0.2) is 72.8 Å². The molecule has 134 valence electrons. The fraction of sp³-hybridized carbons (Fsp3) is 0.136. The van der Waals surface area contributed by atoms with E-state index in [2.05, 4.69) is 12.1 Å². The van der Waals surface area contributed by atoms with E-state index in [9.17, 15) is 4.79 Å². The van der Waals surface area contributed by atoms with Crippen molar-refractivity contribution in [2.45, 2.75) is 17.9 Å². The zero-order valence-corrected chi connectivity index (χ0v) is 15.6. The third-order valence-electron chi connectivity index (χ3n) is 3.94. The summed E-state index contributed by atoms with van der Waals surface area (Å²) >= 11 is 1.79. The zero-order chi connectivity index (χ0) is 19.1. The van der Waals surface area contributed by atoms with Gasteiger partial charge in [-0.15, -0.1) is 0 Å². The van der Waals surface area contributed by atoms with Gasteiger partial charge in [0.25, 0.3) is 0 Å². The molecule has 3 rings (SSSR count). The smallest absolute Gasteiger partial charge is 0.307 e. The van der Waals surface area contributed by atoms with Crippen LogP contribution in [-0.2, 0) is 22.7 Å². The Morgan fingerprint density at radius 3 is 2.48 bits per heavy atom. The predicted octanol–water partition coefficient (Wildman–Crippen LogP) is 4.33. The molecule has 0 saturated heterocycles. The first-order chi connectivity index (χ1) is 13.1. The van der Waals surface area contributed by atoms with Crippen LogP contribution in [0, 0.1) is 0 Å². The molecule has 5 heteroatoms. The van der Waals surface area contributed by atoms with E-state index < -0.39 is 5.97 Å². The minimum Gasteiger partial charge on any atom is -0.481 e. The molecule has 0 aliphatic rings. The summed E-state index contributed by atoms with van der Waals surface area (Å²) in [7, 11) is 5.95. The largest absolute Gasteiger partial charge is 0.481 e. The maximum atomic E-state index is 10.9. The standard InChI is InChI=1S/C22H19BO3S/c23-19-9-10-21(26-20-8-4-7-17(11-20)12-22(24)25)18(13-19)15-27-14-16-5-2-1-3-6-16/h1-11,13H,12,14-15H2,(H,24,25). The van der Waals surface area contributed by atoms with E-state index in [4.69, 9.17) is 17.7 Å². The quantitative estimate of drug-likeness (QED) is 0.596. The fourth-order valence-corrected chi connectivity index (χ4v) is 3.66. The molecule has 0 fully saturated rings. The number of benzene rings is 3. The highest BCUT2D eigenvalue weighted by molar-refractivity contribution is 7.97. The third-order valence-corrected chi connectivity index (χ3v) is 4.99. The first-order valence-electron chi connectivity index (χ1n) is 8.59. The lowest BCUT2D eigenvalue weighted by atomic mass is 9.94. The van der Waals surface area contributed by atoms with Crippen molar-refractivity contribution in [1.29, 1.82) is 0 Å². The molecule has 3 aromatic rings. The summed E-state index contributed by atoms with van der Waals surface area (Å²) < 4.78 is 6.03. The Morgan fingerprint density at radius 1 is 0.926 bits per heavy atom. The number of carboxylic acid groups (broad SMARTS) is 1. The van der Waals surface area contributed by atoms with E-state index in [-0.39, 0.29) is 6.42 Å². The molecule has 0 atom stereocenters. The highest BCUT2D eigenvalue weighted by Crippen LogP contribution is 2.29. The SMILES string of the molecule is [B]c1ccc(Oc2cccc(CC(=O)O)c2)c(CSCc2ccccc2)c1. The molecule has 27 heavy (non-hydrogen) atoms. The van der Waals surface area contributed by atoms with Gasteiger partial charge in [0.15, 0.2) is 0 Å². The summed E-state index contributed by atoms with van der Waals surface area (Å²) in [6.45, 7) is 0. The molecular formula is C22H19BO3S. The van der Waals surface area contributed by atoms with Gasteiger partial charge < -0.3 is 9.84 Å². The highest BCUT2D eigenvalue weighted by atomic mass is 32.2. The number of thioether (sulfide) groups is 1. The molecular weight excluding hydrogens is 355 g/mol. The Kier molecular flexibility index (Phi) is 6.61. The summed E-state index contributed by atoms with van der Waals surface area (Å²) in [6, 6.07) is 23.0. The van der Waals surface area contributed by atoms with Crippen molar-refractivity contribution in [3.8, 4) is 11.5 Å². The Labute approximate surface area is 164 Å². The van der Waals surface area contributed by atoms with Gasteiger partial charge in [-0.25, -0.2) is 0 Å². The number of aliphatic carboxylic acids is 1. The topological polar surface area (TPSA) is 46.5 Å². The molecule has 0 saturated carbocycles. The maximum Gasteiger partial charge on any atom is 0.307 e. The van der Waals surface area contributed by atoms with Gasteiger partial charge in [-0.2, -0.15) is 11.8 Å². The molecule has 0 heterocycles. The van der Waals surface area contributed by atoms with Gasteiger partial charge in [0, 0.05) is 17.1 Å². The van der Waals surface area contributed by atoms with E-state index in [0.717, 1.165) is 22.8 Å². The summed E-state index contributed by atoms with van der Waals surface area (Å²) in [5.74, 6) is 2.16. The van der Waals surface area contributed by atoms with Crippen molar-refractivity contribution >= 4 is 31.0 Å². The van der Waals surface area contributed by atoms with E-state index >= 15 is 0 Å². The van der Waals surface area contributed by atoms with Crippen LogP contribution in [0.4, 0.5) is 0 Å². The maximum absolute atomic E-state index is 10.9. The van der Waals surface area contributed by atoms with Gasteiger partial charge in [0.1, 0.15) is 19.3 Å². The van der Waals surface area contributed by atoms with Crippen molar-refractivity contribution in [3.63, 3.8) is 0 Å². The number of carbonyl (C=O) groups is 1. The average Bonchev–Trinajstić information content (AvgIpc) is 2.64. The molecule has 0 bridgehead atoms. The van der Waals surface area contributed by atoms with Gasteiger partial charge in [0.2, 0.25) is 0 Å². The molecule has 3 aromatic carbocycles. The van der Waals surface area contributed by atoms with Crippen LogP contribution < -0.4 is 10.2 Å². The zero-order valence-electron chi connectivity index (χ0n) is 14.8. The summed E-state index contributed by atoms with van der Waals surface area (Å²) in [5, 5.41) is 8.96. The molecule has 0 aliphatic heterocycles. The van der Waals surface area contributed by atoms with Gasteiger partial charge in [-0.3, -0.25) is 4.79 Å². The Balaban J connectivity index is 1.71. The molecule has 2 radical (unpaired) electrons. The lowest BCUT2D eigenvalue weighted by Crippen LogP contribution is -2.04. The lowest BCUT2D eigenvalue weighted by Gasteiger charge is -2.13. The fourth-order valence-electron chi connectivity index (χ4n) is 2.69. The van der Waals surface area contributed by atoms with Crippen molar-refractivity contribution in [2.75, 3.05) is 0 Å². The van der Waals surface area contributed by atoms with Gasteiger partial charge in [0.05, 0.1) is 6.42 Å². The monoisotopic (exact) mass is 374 g/mol. The van der Waals surface area contributed by atoms with Crippen LogP contribution in [0.1, 0.15) is 16.7 Å². The van der Waals surface area contributed by atoms with Gasteiger partial charge in [-0.05, 0) is 29.3 Å². The molecule has 1 N–H and O–H groups in total. The first kappa shape index (κ1) is 19.1. The van der Waals surface area contributed by atoms with Crippen LogP contribution in [0.3, 0.4) is 0 Å². The van der Waals surface area contributed by atoms with Gasteiger partial charge >= 0.3 is 5.97 Å². The summed E-state index contributed by atoms with van der Waals surface area (Å²) in [6.07, 6.45) is -0.0290. The van der Waals surface area contributed by atoms with Crippen LogP contribution in [-0.4, -0.2) is 18.9 Å². The highest BCUT2D eigenvalue weighted by Gasteiger charge is 2.08. The Morgan fingerprint density at radius 2 is 1.70 bits per heavy atom. The van der Waals surface area contributed by atoms with E-state index in [1.54, 1.807) is 30.0 Å². The number of rotatable bonds is 8. The number of ether oxygens (including phenoxy) is 1. The normalized spacial score (nSPS) is 10.5. The van der Waals surface area contributed by atoms with Crippen molar-refractivity contribution in [1.82, 2.24) is 0 Å². The third kappa shape index (κ3) is 5.93. The van der Waals surface area contributed by atoms with E-state index in [1.807, 2.05) is 42.5 Å². The number of hydrogen-bond acceptors (Lipinski definition) is 3. The first-order valence-corrected chi connectivity index (χ1v) is 9.74. The molecule has 3 nitrogen and oxygen atoms in total. The summed E-state index contributed by atoms with van der Waals surface area (Å²) in [5.41, 5.74) is 3.68. The minimum absolute atomic E-state index is 0.0290. The molecule has 0 aliphatic carbocycles. The van der Waals surface area contributed by atoms with Crippen LogP contribution in [0.2, 0.25) is 0 Å². The van der Waals surface area contributed by atoms with Crippen molar-refractivity contribution in [2.24, 2.45) is 0 Å². The van der Waals surface area contributed by atoms with Crippen molar-refractivity contribution < 1.29 is 14.6 Å². The number of carboxylic acids is 1. The molecule has 0 amide bonds. The lowest BCUT2D eigenvalue weighted by molar-refractivity contribution is -0.136. The van der Waals surface area contributed by atoms with E-state index in [1.165, 1.54) is 5.56 Å². The minimum atomic E-state index is -0.863. The van der Waals surface area contributed by atoms with Crippen LogP contribution >= 0.6 is 11.8 Å². The average molecular weight is 374 g/mol. The van der Waals surface area contributed by atoms with Gasteiger partial charge in [-0.1, -0.05) is 60.1 Å². The molecule has 0 unspecified atom stereocenters. The van der Waals surface area contributed by atoms with Crippen LogP contribution in [0.5, 0.6) is 11.5 Å². The van der Waals surface area contributed by atoms with Crippen molar-refractivity contribution in [3.05, 3.63) is 89.5 Å². The predicted molar refractivity (Wildman–Crippen MR) is 111 cm³/mol. The second kappa shape index (κ2) is 9.33. The van der Waals surface area contributed by atoms with E-state index in [0.29, 0.717) is 16.8 Å². The second-order valence-electron chi connectivity index (χ2n) is 6.17. The molecule has 0 spiro atoms. The number of hydrogen-bond donors (Lipinski definition) is 1. The summed E-state index contributed by atoms with van der Waals surface area (Å²) in [4.78, 5) is 10.9. The molecule has 0 aromatic heterocycles. The Hall–Kier alpha value is -2.66. The Bertz CT molecular complexity index is 912.